The number of nitrogens with zero attached hydrogens (tertiary/aromatic N) is 2. The molecule has 2 aliphatic carbocycles. The lowest BCUT2D eigenvalue weighted by molar-refractivity contribution is 0.182. The van der Waals surface area contributed by atoms with E-state index in [2.05, 4.69) is 9.80 Å². The summed E-state index contributed by atoms with van der Waals surface area (Å²) < 4.78 is 0. The molecule has 2 aliphatic heterocycles. The van der Waals surface area contributed by atoms with E-state index in [1.807, 2.05) is 0 Å². The first-order valence-electron chi connectivity index (χ1n) is 10.7. The molecule has 4 fully saturated rings. The Morgan fingerprint density at radius 3 is 1.04 bits per heavy atom. The van der Waals surface area contributed by atoms with E-state index in [-0.39, 0.29) is 0 Å². The first-order chi connectivity index (χ1) is 11.7. The van der Waals surface area contributed by atoms with Crippen molar-refractivity contribution in [2.75, 3.05) is 26.2 Å². The molecule has 0 unspecified atom stereocenters. The van der Waals surface area contributed by atoms with Gasteiger partial charge < -0.3 is 21.3 Å². The maximum Gasteiger partial charge on any atom is 0.00964 e. The van der Waals surface area contributed by atoms with E-state index in [4.69, 9.17) is 11.5 Å². The van der Waals surface area contributed by atoms with Crippen molar-refractivity contribution in [2.45, 2.75) is 101 Å². The SMILES string of the molecule is NC1CCC(N2CCCC2)CC1.NC1CCC(N2CCCC2)CC1. The monoisotopic (exact) mass is 336 g/mol. The molecule has 0 bridgehead atoms. The highest BCUT2D eigenvalue weighted by atomic mass is 15.2. The van der Waals surface area contributed by atoms with E-state index in [0.29, 0.717) is 12.1 Å². The van der Waals surface area contributed by atoms with Gasteiger partial charge in [-0.3, -0.25) is 0 Å². The zero-order chi connectivity index (χ0) is 16.8. The average Bonchev–Trinajstić information content (AvgIpc) is 3.31. The first kappa shape index (κ1) is 18.6. The normalized spacial score (nSPS) is 38.8. The molecular formula is C20H40N4. The van der Waals surface area contributed by atoms with Crippen LogP contribution in [0.4, 0.5) is 0 Å². The lowest BCUT2D eigenvalue weighted by Crippen LogP contribution is -2.39. The number of likely N-dealkylation sites (tertiary alicyclic amines) is 2. The lowest BCUT2D eigenvalue weighted by atomic mass is 9.91. The highest BCUT2D eigenvalue weighted by Crippen LogP contribution is 2.25. The minimum atomic E-state index is 0.504. The average molecular weight is 337 g/mol. The quantitative estimate of drug-likeness (QED) is 0.814. The summed E-state index contributed by atoms with van der Waals surface area (Å²) in [6.45, 7) is 5.39. The Labute approximate surface area is 149 Å². The molecule has 2 saturated heterocycles. The Kier molecular flexibility index (Phi) is 7.38. The van der Waals surface area contributed by atoms with E-state index in [9.17, 15) is 0 Å². The van der Waals surface area contributed by atoms with Gasteiger partial charge in [0.05, 0.1) is 0 Å². The third-order valence-corrected chi connectivity index (χ3v) is 6.80. The Bertz CT molecular complexity index is 300. The van der Waals surface area contributed by atoms with Gasteiger partial charge in [-0.05, 0) is 103 Å². The van der Waals surface area contributed by atoms with Crippen LogP contribution in [0.1, 0.15) is 77.0 Å². The maximum absolute atomic E-state index is 5.88. The highest BCUT2D eigenvalue weighted by molar-refractivity contribution is 4.84. The highest BCUT2D eigenvalue weighted by Gasteiger charge is 2.26. The van der Waals surface area contributed by atoms with Gasteiger partial charge in [0, 0.05) is 24.2 Å². The summed E-state index contributed by atoms with van der Waals surface area (Å²) in [5.74, 6) is 0. The van der Waals surface area contributed by atoms with E-state index in [1.54, 1.807) is 0 Å². The van der Waals surface area contributed by atoms with Crippen LogP contribution in [0.15, 0.2) is 0 Å². The van der Waals surface area contributed by atoms with Crippen LogP contribution in [0.5, 0.6) is 0 Å². The third-order valence-electron chi connectivity index (χ3n) is 6.80. The summed E-state index contributed by atoms with van der Waals surface area (Å²) >= 11 is 0. The van der Waals surface area contributed by atoms with Gasteiger partial charge in [0.1, 0.15) is 0 Å². The smallest absolute Gasteiger partial charge is 0.00964 e. The molecule has 4 rings (SSSR count). The van der Waals surface area contributed by atoms with E-state index >= 15 is 0 Å². The van der Waals surface area contributed by atoms with E-state index in [1.165, 1.54) is 103 Å². The molecule has 4 heteroatoms. The molecule has 0 radical (unpaired) electrons. The fourth-order valence-electron chi connectivity index (χ4n) is 5.15. The molecule has 0 spiro atoms. The predicted molar refractivity (Wildman–Crippen MR) is 102 cm³/mol. The van der Waals surface area contributed by atoms with Gasteiger partial charge in [-0.25, -0.2) is 0 Å². The Morgan fingerprint density at radius 1 is 0.458 bits per heavy atom. The van der Waals surface area contributed by atoms with Crippen LogP contribution in [0, 0.1) is 0 Å². The second-order valence-corrected chi connectivity index (χ2v) is 8.62. The molecule has 0 amide bonds. The Balaban J connectivity index is 0.000000141. The summed E-state index contributed by atoms with van der Waals surface area (Å²) in [6, 6.07) is 2.77. The molecule has 2 heterocycles. The van der Waals surface area contributed by atoms with Gasteiger partial charge >= 0.3 is 0 Å². The van der Waals surface area contributed by atoms with E-state index < -0.39 is 0 Å². The minimum Gasteiger partial charge on any atom is -0.328 e. The second-order valence-electron chi connectivity index (χ2n) is 8.62. The van der Waals surface area contributed by atoms with E-state index in [0.717, 1.165) is 12.1 Å². The molecule has 0 aromatic heterocycles. The fourth-order valence-corrected chi connectivity index (χ4v) is 5.15. The van der Waals surface area contributed by atoms with Crippen molar-refractivity contribution in [1.82, 2.24) is 9.80 Å². The fraction of sp³-hybridized carbons (Fsp3) is 1.00. The largest absolute Gasteiger partial charge is 0.328 e. The van der Waals surface area contributed by atoms with Crippen LogP contribution in [0.3, 0.4) is 0 Å². The van der Waals surface area contributed by atoms with Gasteiger partial charge in [-0.1, -0.05) is 0 Å². The molecule has 24 heavy (non-hydrogen) atoms. The maximum atomic E-state index is 5.88. The molecule has 140 valence electrons. The third kappa shape index (κ3) is 5.42. The zero-order valence-corrected chi connectivity index (χ0v) is 15.7. The summed E-state index contributed by atoms with van der Waals surface area (Å²) in [7, 11) is 0. The second kappa shape index (κ2) is 9.51. The van der Waals surface area contributed by atoms with Crippen molar-refractivity contribution in [3.8, 4) is 0 Å². The van der Waals surface area contributed by atoms with Gasteiger partial charge in [-0.15, -0.1) is 0 Å². The molecule has 0 atom stereocenters. The molecular weight excluding hydrogens is 296 g/mol. The van der Waals surface area contributed by atoms with Crippen LogP contribution in [0.2, 0.25) is 0 Å². The number of hydrogen-bond acceptors (Lipinski definition) is 4. The van der Waals surface area contributed by atoms with Crippen molar-refractivity contribution in [2.24, 2.45) is 11.5 Å². The molecule has 0 aromatic rings. The molecule has 2 saturated carbocycles. The van der Waals surface area contributed by atoms with Crippen molar-refractivity contribution >= 4 is 0 Å². The zero-order valence-electron chi connectivity index (χ0n) is 15.7. The topological polar surface area (TPSA) is 58.5 Å². The van der Waals surface area contributed by atoms with Gasteiger partial charge in [0.15, 0.2) is 0 Å². The number of rotatable bonds is 2. The van der Waals surface area contributed by atoms with Crippen molar-refractivity contribution in [3.05, 3.63) is 0 Å². The minimum absolute atomic E-state index is 0.504. The molecule has 0 aromatic carbocycles. The van der Waals surface area contributed by atoms with Crippen molar-refractivity contribution in [1.29, 1.82) is 0 Å². The van der Waals surface area contributed by atoms with Crippen LogP contribution in [0.25, 0.3) is 0 Å². The van der Waals surface area contributed by atoms with Crippen LogP contribution < -0.4 is 11.5 Å². The molecule has 4 nitrogen and oxygen atoms in total. The Morgan fingerprint density at radius 2 is 0.750 bits per heavy atom. The summed E-state index contributed by atoms with van der Waals surface area (Å²) in [4.78, 5) is 5.35. The van der Waals surface area contributed by atoms with Crippen molar-refractivity contribution < 1.29 is 0 Å². The summed E-state index contributed by atoms with van der Waals surface area (Å²) in [6.07, 6.45) is 16.1. The van der Waals surface area contributed by atoms with Crippen LogP contribution >= 0.6 is 0 Å². The van der Waals surface area contributed by atoms with Crippen LogP contribution in [-0.2, 0) is 0 Å². The Hall–Kier alpha value is -0.160. The lowest BCUT2D eigenvalue weighted by Gasteiger charge is -2.33. The van der Waals surface area contributed by atoms with Crippen LogP contribution in [-0.4, -0.2) is 60.1 Å². The molecule has 4 N–H and O–H groups in total. The summed E-state index contributed by atoms with van der Waals surface area (Å²) in [5.41, 5.74) is 11.8. The van der Waals surface area contributed by atoms with Gasteiger partial charge in [0.2, 0.25) is 0 Å². The standard InChI is InChI=1S/2C10H20N2/c2*11-9-3-5-10(6-4-9)12-7-1-2-8-12/h2*9-10H,1-8,11H2. The van der Waals surface area contributed by atoms with Gasteiger partial charge in [-0.2, -0.15) is 0 Å². The predicted octanol–water partition coefficient (Wildman–Crippen LogP) is 2.70. The molecule has 4 aliphatic rings. The summed E-state index contributed by atoms with van der Waals surface area (Å²) in [5, 5.41) is 0. The number of nitrogens with two attached hydrogens (primary N) is 2. The van der Waals surface area contributed by atoms with Crippen molar-refractivity contribution in [3.63, 3.8) is 0 Å². The van der Waals surface area contributed by atoms with Gasteiger partial charge in [0.25, 0.3) is 0 Å². The first-order valence-corrected chi connectivity index (χ1v) is 10.7. The number of hydrogen-bond donors (Lipinski definition) is 2.